The van der Waals surface area contributed by atoms with Gasteiger partial charge >= 0.3 is 0 Å². The summed E-state index contributed by atoms with van der Waals surface area (Å²) in [6, 6.07) is 47.3. The molecule has 0 radical (unpaired) electrons. The van der Waals surface area contributed by atoms with Crippen LogP contribution in [-0.4, -0.2) is 8.07 Å². The maximum atomic E-state index is 6.22. The molecule has 4 heteroatoms. The van der Waals surface area contributed by atoms with E-state index in [0.717, 1.165) is 16.4 Å². The monoisotopic (exact) mass is 618 g/mol. The van der Waals surface area contributed by atoms with Crippen molar-refractivity contribution in [1.29, 1.82) is 0 Å². The van der Waals surface area contributed by atoms with Gasteiger partial charge in [0.05, 0.1) is 9.79 Å². The molecular weight excluding hydrogens is 589 g/mol. The molecule has 0 saturated carbocycles. The van der Waals surface area contributed by atoms with Gasteiger partial charge in [-0.2, -0.15) is 0 Å². The van der Waals surface area contributed by atoms with Crippen LogP contribution in [0.2, 0.25) is 6.55 Å². The Balaban J connectivity index is 1.19. The zero-order valence-corrected chi connectivity index (χ0v) is 27.5. The fourth-order valence-corrected chi connectivity index (χ4v) is 14.8. The molecular formula is C40H30OS2Si. The molecule has 6 aromatic rings. The first-order valence-corrected chi connectivity index (χ1v) is 19.3. The topological polar surface area (TPSA) is 9.23 Å². The minimum absolute atomic E-state index is 0.0943. The van der Waals surface area contributed by atoms with Crippen LogP contribution in [0.25, 0.3) is 22.3 Å². The van der Waals surface area contributed by atoms with Crippen LogP contribution in [0.1, 0.15) is 25.0 Å². The molecule has 1 unspecified atom stereocenters. The quantitative estimate of drug-likeness (QED) is 0.179. The van der Waals surface area contributed by atoms with E-state index in [1.165, 1.54) is 63.6 Å². The Labute approximate surface area is 268 Å². The minimum Gasteiger partial charge on any atom is -0.455 e. The van der Waals surface area contributed by atoms with Gasteiger partial charge in [0, 0.05) is 15.2 Å². The molecule has 0 spiro atoms. The van der Waals surface area contributed by atoms with Crippen LogP contribution < -0.4 is 20.3 Å². The lowest BCUT2D eigenvalue weighted by molar-refractivity contribution is 0.454. The van der Waals surface area contributed by atoms with Gasteiger partial charge in [0.1, 0.15) is 19.6 Å². The van der Waals surface area contributed by atoms with Crippen LogP contribution in [0.3, 0.4) is 0 Å². The molecule has 0 N–H and O–H groups in total. The average molecular weight is 619 g/mol. The second-order valence-electron chi connectivity index (χ2n) is 12.7. The lowest BCUT2D eigenvalue weighted by atomic mass is 9.81. The summed E-state index contributed by atoms with van der Waals surface area (Å²) in [6.07, 6.45) is 0. The van der Waals surface area contributed by atoms with E-state index in [0.29, 0.717) is 0 Å². The first-order chi connectivity index (χ1) is 21.4. The molecule has 212 valence electrons. The highest BCUT2D eigenvalue weighted by Crippen LogP contribution is 2.54. The summed E-state index contributed by atoms with van der Waals surface area (Å²) >= 11 is 3.77. The maximum Gasteiger partial charge on any atom is 0.148 e. The molecule has 0 fully saturated rings. The highest BCUT2D eigenvalue weighted by atomic mass is 32.2. The van der Waals surface area contributed by atoms with E-state index in [9.17, 15) is 0 Å². The van der Waals surface area contributed by atoms with Gasteiger partial charge in [0.2, 0.25) is 0 Å². The lowest BCUT2D eigenvalue weighted by Crippen LogP contribution is -2.67. The Morgan fingerprint density at radius 1 is 0.568 bits per heavy atom. The first-order valence-electron chi connectivity index (χ1n) is 15.2. The van der Waals surface area contributed by atoms with Crippen LogP contribution in [0.4, 0.5) is 0 Å². The van der Waals surface area contributed by atoms with Crippen LogP contribution in [0.15, 0.2) is 147 Å². The molecule has 0 bridgehead atoms. The molecule has 44 heavy (non-hydrogen) atoms. The van der Waals surface area contributed by atoms with Crippen molar-refractivity contribution >= 4 is 47.2 Å². The normalized spacial score (nSPS) is 18.2. The third kappa shape index (κ3) is 3.68. The molecule has 3 aliphatic rings. The second kappa shape index (κ2) is 9.52. The molecule has 0 aromatic heterocycles. The van der Waals surface area contributed by atoms with Crippen molar-refractivity contribution in [3.05, 3.63) is 139 Å². The van der Waals surface area contributed by atoms with Gasteiger partial charge in [0.15, 0.2) is 0 Å². The van der Waals surface area contributed by atoms with Gasteiger partial charge in [0.25, 0.3) is 0 Å². The average Bonchev–Trinajstić information content (AvgIpc) is 3.30. The smallest absolute Gasteiger partial charge is 0.148 e. The Bertz CT molecular complexity index is 2150. The van der Waals surface area contributed by atoms with Crippen molar-refractivity contribution in [2.75, 3.05) is 0 Å². The van der Waals surface area contributed by atoms with Crippen molar-refractivity contribution < 1.29 is 4.74 Å². The zero-order chi connectivity index (χ0) is 29.6. The fraction of sp³-hybridized carbons (Fsp3) is 0.100. The second-order valence-corrected chi connectivity index (χ2v) is 18.7. The van der Waals surface area contributed by atoms with Crippen molar-refractivity contribution in [1.82, 2.24) is 0 Å². The predicted octanol–water partition coefficient (Wildman–Crippen LogP) is 9.48. The van der Waals surface area contributed by atoms with Gasteiger partial charge in [-0.15, -0.1) is 0 Å². The van der Waals surface area contributed by atoms with E-state index in [4.69, 9.17) is 4.74 Å². The summed E-state index contributed by atoms with van der Waals surface area (Å²) in [6.45, 7) is 7.35. The summed E-state index contributed by atoms with van der Waals surface area (Å²) in [7, 11) is -2.20. The van der Waals surface area contributed by atoms with E-state index >= 15 is 0 Å². The summed E-state index contributed by atoms with van der Waals surface area (Å²) in [5.41, 5.74) is 8.05. The Morgan fingerprint density at radius 3 is 2.14 bits per heavy atom. The number of fused-ring (bicyclic) bond motifs is 8. The van der Waals surface area contributed by atoms with Crippen LogP contribution in [0, 0.1) is 0 Å². The highest BCUT2D eigenvalue weighted by Gasteiger charge is 2.45. The van der Waals surface area contributed by atoms with E-state index in [-0.39, 0.29) is 5.41 Å². The van der Waals surface area contributed by atoms with Crippen molar-refractivity contribution in [3.63, 3.8) is 0 Å². The summed E-state index contributed by atoms with van der Waals surface area (Å²) in [5, 5.41) is 4.53. The van der Waals surface area contributed by atoms with Crippen molar-refractivity contribution in [2.24, 2.45) is 0 Å². The third-order valence-electron chi connectivity index (χ3n) is 9.89. The number of hydrogen-bond donors (Lipinski definition) is 0. The number of rotatable bonds is 2. The molecule has 0 saturated heterocycles. The molecule has 1 nitrogen and oxygen atoms in total. The Hall–Kier alpha value is -3.96. The number of benzene rings is 6. The van der Waals surface area contributed by atoms with E-state index in [1.807, 2.05) is 23.9 Å². The fourth-order valence-electron chi connectivity index (χ4n) is 7.49. The number of ether oxygens (including phenoxy) is 1. The number of para-hydroxylation sites is 1. The van der Waals surface area contributed by atoms with Crippen LogP contribution in [-0.2, 0) is 5.41 Å². The van der Waals surface area contributed by atoms with Gasteiger partial charge in [-0.3, -0.25) is 0 Å². The summed E-state index contributed by atoms with van der Waals surface area (Å²) < 4.78 is 6.22. The molecule has 9 rings (SSSR count). The van der Waals surface area contributed by atoms with Gasteiger partial charge in [-0.05, 0) is 85.3 Å². The van der Waals surface area contributed by atoms with E-state index < -0.39 is 8.07 Å². The lowest BCUT2D eigenvalue weighted by Gasteiger charge is -2.37. The van der Waals surface area contributed by atoms with Crippen LogP contribution >= 0.6 is 23.5 Å². The Kier molecular flexibility index (Phi) is 5.72. The van der Waals surface area contributed by atoms with Gasteiger partial charge in [-0.1, -0.05) is 135 Å². The van der Waals surface area contributed by atoms with Gasteiger partial charge in [-0.25, -0.2) is 0 Å². The van der Waals surface area contributed by atoms with Crippen LogP contribution in [0.5, 0.6) is 11.5 Å². The molecule has 1 aliphatic carbocycles. The predicted molar refractivity (Wildman–Crippen MR) is 188 cm³/mol. The molecule has 1 atom stereocenters. The minimum atomic E-state index is -2.20. The SMILES string of the molecule is CC1(C)c2cc(-c3ccc4c(c3)Sc3ccccc3O4)ccc2-c2c1ccc1c2Sc2ccccc2[Si]1(C)c1ccccc1. The maximum absolute atomic E-state index is 6.22. The summed E-state index contributed by atoms with van der Waals surface area (Å²) in [4.78, 5) is 5.19. The molecule has 2 heterocycles. The van der Waals surface area contributed by atoms with E-state index in [1.54, 1.807) is 11.8 Å². The van der Waals surface area contributed by atoms with Gasteiger partial charge < -0.3 is 4.74 Å². The Morgan fingerprint density at radius 2 is 1.27 bits per heavy atom. The third-order valence-corrected chi connectivity index (χ3v) is 17.0. The highest BCUT2D eigenvalue weighted by molar-refractivity contribution is 8.00. The molecule has 0 amide bonds. The van der Waals surface area contributed by atoms with Crippen molar-refractivity contribution in [3.8, 4) is 33.8 Å². The number of hydrogen-bond acceptors (Lipinski definition) is 3. The first kappa shape index (κ1) is 26.4. The zero-order valence-electron chi connectivity index (χ0n) is 24.8. The summed E-state index contributed by atoms with van der Waals surface area (Å²) in [5.74, 6) is 1.87. The van der Waals surface area contributed by atoms with E-state index in [2.05, 4.69) is 136 Å². The molecule has 6 aromatic carbocycles. The molecule has 2 aliphatic heterocycles. The standard InChI is InChI=1S/C40H30OS2Si/c1-40(2)29-20-22-37-39(43-34-15-9-10-16-36(34)44(37,3)27-11-5-4-6-12-27)38(29)28-19-17-25(23-30(28)40)26-18-21-32-35(24-26)42-33-14-8-7-13-31(33)41-32/h4-24H,1-3H3. The largest absolute Gasteiger partial charge is 0.455 e. The van der Waals surface area contributed by atoms with Crippen molar-refractivity contribution in [2.45, 2.75) is 45.4 Å².